The van der Waals surface area contributed by atoms with Gasteiger partial charge in [-0.15, -0.1) is 0 Å². The molecule has 0 aromatic heterocycles. The molecule has 0 radical (unpaired) electrons. The second-order valence-corrected chi connectivity index (χ2v) is 3.87. The molecule has 0 aliphatic heterocycles. The van der Waals surface area contributed by atoms with Gasteiger partial charge >= 0.3 is 11.9 Å². The SMILES string of the molecule is COC(=O)C(N)CSCC(N)C(=O)OC. The first kappa shape index (κ1) is 14.2. The molecule has 0 saturated carbocycles. The van der Waals surface area contributed by atoms with Crippen molar-refractivity contribution in [1.82, 2.24) is 0 Å². The highest BCUT2D eigenvalue weighted by Gasteiger charge is 2.17. The third kappa shape index (κ3) is 5.60. The molecule has 0 amide bonds. The molecule has 7 heteroatoms. The van der Waals surface area contributed by atoms with Crippen LogP contribution < -0.4 is 11.5 Å². The van der Waals surface area contributed by atoms with Crippen LogP contribution in [-0.4, -0.2) is 49.7 Å². The van der Waals surface area contributed by atoms with Crippen LogP contribution in [0.2, 0.25) is 0 Å². The Bertz CT molecular complexity index is 203. The summed E-state index contributed by atoms with van der Waals surface area (Å²) in [7, 11) is 2.54. The summed E-state index contributed by atoms with van der Waals surface area (Å²) >= 11 is 1.31. The van der Waals surface area contributed by atoms with Crippen molar-refractivity contribution in [2.75, 3.05) is 25.7 Å². The van der Waals surface area contributed by atoms with Gasteiger partial charge in [0, 0.05) is 11.5 Å². The number of rotatable bonds is 6. The van der Waals surface area contributed by atoms with E-state index in [1.54, 1.807) is 0 Å². The predicted octanol–water partition coefficient (Wildman–Crippen LogP) is -1.28. The molecular formula is C8H16N2O4S. The van der Waals surface area contributed by atoms with Crippen LogP contribution in [0.5, 0.6) is 0 Å². The molecule has 0 aliphatic rings. The second kappa shape index (κ2) is 7.49. The summed E-state index contributed by atoms with van der Waals surface area (Å²) in [4.78, 5) is 21.8. The van der Waals surface area contributed by atoms with Crippen molar-refractivity contribution < 1.29 is 19.1 Å². The van der Waals surface area contributed by atoms with E-state index in [2.05, 4.69) is 9.47 Å². The van der Waals surface area contributed by atoms with Crippen LogP contribution in [0.4, 0.5) is 0 Å². The number of thioether (sulfide) groups is 1. The molecule has 0 rings (SSSR count). The number of esters is 2. The fourth-order valence-electron chi connectivity index (χ4n) is 0.761. The molecule has 0 aromatic carbocycles. The highest BCUT2D eigenvalue weighted by atomic mass is 32.2. The van der Waals surface area contributed by atoms with E-state index in [1.807, 2.05) is 0 Å². The molecule has 0 aliphatic carbocycles. The third-order valence-corrected chi connectivity index (χ3v) is 2.79. The largest absolute Gasteiger partial charge is 0.468 e. The minimum absolute atomic E-state index is 0.358. The fraction of sp³-hybridized carbons (Fsp3) is 0.750. The summed E-state index contributed by atoms with van der Waals surface area (Å²) in [5.74, 6) is -0.238. The van der Waals surface area contributed by atoms with Crippen LogP contribution in [0.3, 0.4) is 0 Å². The van der Waals surface area contributed by atoms with E-state index in [9.17, 15) is 9.59 Å². The summed E-state index contributed by atoms with van der Waals surface area (Å²) in [5, 5.41) is 0. The number of hydrogen-bond donors (Lipinski definition) is 2. The van der Waals surface area contributed by atoms with E-state index in [1.165, 1.54) is 26.0 Å². The maximum atomic E-state index is 10.9. The van der Waals surface area contributed by atoms with Gasteiger partial charge < -0.3 is 20.9 Å². The summed E-state index contributed by atoms with van der Waals surface area (Å²) in [6.07, 6.45) is 0. The molecule has 4 N–H and O–H groups in total. The number of hydrogen-bond acceptors (Lipinski definition) is 7. The average molecular weight is 236 g/mol. The van der Waals surface area contributed by atoms with Crippen molar-refractivity contribution in [2.24, 2.45) is 11.5 Å². The standard InChI is InChI=1S/C8H16N2O4S/c1-13-7(11)5(9)3-15-4-6(10)8(12)14-2/h5-6H,3-4,9-10H2,1-2H3. The quantitative estimate of drug-likeness (QED) is 0.553. The number of ether oxygens (including phenoxy) is 2. The van der Waals surface area contributed by atoms with Crippen molar-refractivity contribution >= 4 is 23.7 Å². The normalized spacial score (nSPS) is 14.1. The van der Waals surface area contributed by atoms with Crippen molar-refractivity contribution in [3.63, 3.8) is 0 Å². The second-order valence-electron chi connectivity index (χ2n) is 2.80. The lowest BCUT2D eigenvalue weighted by atomic mass is 10.4. The van der Waals surface area contributed by atoms with Gasteiger partial charge in [0.05, 0.1) is 14.2 Å². The zero-order valence-electron chi connectivity index (χ0n) is 8.76. The van der Waals surface area contributed by atoms with Gasteiger partial charge in [-0.2, -0.15) is 11.8 Å². The van der Waals surface area contributed by atoms with Crippen LogP contribution in [-0.2, 0) is 19.1 Å². The molecule has 0 spiro atoms. The highest BCUT2D eigenvalue weighted by molar-refractivity contribution is 7.99. The van der Waals surface area contributed by atoms with Crippen molar-refractivity contribution in [3.8, 4) is 0 Å². The molecule has 6 nitrogen and oxygen atoms in total. The van der Waals surface area contributed by atoms with Gasteiger partial charge in [0.1, 0.15) is 12.1 Å². The first-order valence-corrected chi connectivity index (χ1v) is 5.43. The van der Waals surface area contributed by atoms with Gasteiger partial charge in [0.15, 0.2) is 0 Å². The molecule has 2 atom stereocenters. The molecule has 0 fully saturated rings. The Hall–Kier alpha value is -0.790. The third-order valence-electron chi connectivity index (χ3n) is 1.60. The lowest BCUT2D eigenvalue weighted by Gasteiger charge is -2.11. The van der Waals surface area contributed by atoms with Gasteiger partial charge in [0.2, 0.25) is 0 Å². The maximum absolute atomic E-state index is 10.9. The topological polar surface area (TPSA) is 105 Å². The number of carbonyl (C=O) groups is 2. The molecule has 0 aromatic rings. The molecule has 0 bridgehead atoms. The first-order chi connectivity index (χ1) is 7.02. The molecule has 88 valence electrons. The summed E-state index contributed by atoms with van der Waals surface area (Å²) < 4.78 is 8.88. The molecule has 15 heavy (non-hydrogen) atoms. The first-order valence-electron chi connectivity index (χ1n) is 4.27. The summed E-state index contributed by atoms with van der Waals surface area (Å²) in [5.41, 5.74) is 10.9. The van der Waals surface area contributed by atoms with E-state index < -0.39 is 24.0 Å². The number of nitrogens with two attached hydrogens (primary N) is 2. The van der Waals surface area contributed by atoms with Gasteiger partial charge in [-0.25, -0.2) is 0 Å². The Morgan fingerprint density at radius 1 is 1.07 bits per heavy atom. The average Bonchev–Trinajstić information content (AvgIpc) is 2.26. The van der Waals surface area contributed by atoms with Crippen LogP contribution in [0.25, 0.3) is 0 Å². The van der Waals surface area contributed by atoms with Crippen LogP contribution in [0, 0.1) is 0 Å². The fourth-order valence-corrected chi connectivity index (χ4v) is 1.68. The van der Waals surface area contributed by atoms with E-state index in [0.717, 1.165) is 0 Å². The minimum atomic E-state index is -0.690. The van der Waals surface area contributed by atoms with Gasteiger partial charge in [-0.3, -0.25) is 9.59 Å². The number of methoxy groups -OCH3 is 2. The monoisotopic (exact) mass is 236 g/mol. The Morgan fingerprint density at radius 2 is 1.40 bits per heavy atom. The summed E-state index contributed by atoms with van der Waals surface area (Å²) in [6.45, 7) is 0. The van der Waals surface area contributed by atoms with Crippen LogP contribution in [0.15, 0.2) is 0 Å². The predicted molar refractivity (Wildman–Crippen MR) is 57.3 cm³/mol. The van der Waals surface area contributed by atoms with E-state index in [0.29, 0.717) is 11.5 Å². The summed E-state index contributed by atoms with van der Waals surface area (Å²) in [6, 6.07) is -1.38. The van der Waals surface area contributed by atoms with E-state index in [4.69, 9.17) is 11.5 Å². The lowest BCUT2D eigenvalue weighted by molar-refractivity contribution is -0.142. The smallest absolute Gasteiger partial charge is 0.323 e. The Morgan fingerprint density at radius 3 is 1.67 bits per heavy atom. The van der Waals surface area contributed by atoms with Gasteiger partial charge in [-0.1, -0.05) is 0 Å². The zero-order chi connectivity index (χ0) is 11.8. The van der Waals surface area contributed by atoms with Crippen LogP contribution >= 0.6 is 11.8 Å². The molecule has 2 unspecified atom stereocenters. The Labute approximate surface area is 92.6 Å². The van der Waals surface area contributed by atoms with E-state index in [-0.39, 0.29) is 0 Å². The minimum Gasteiger partial charge on any atom is -0.468 e. The highest BCUT2D eigenvalue weighted by Crippen LogP contribution is 2.05. The Kier molecular flexibility index (Phi) is 7.10. The van der Waals surface area contributed by atoms with Crippen molar-refractivity contribution in [2.45, 2.75) is 12.1 Å². The maximum Gasteiger partial charge on any atom is 0.323 e. The van der Waals surface area contributed by atoms with Gasteiger partial charge in [-0.05, 0) is 0 Å². The lowest BCUT2D eigenvalue weighted by Crippen LogP contribution is -2.37. The molecule has 0 heterocycles. The van der Waals surface area contributed by atoms with E-state index >= 15 is 0 Å². The van der Waals surface area contributed by atoms with Crippen LogP contribution in [0.1, 0.15) is 0 Å². The van der Waals surface area contributed by atoms with Crippen molar-refractivity contribution in [3.05, 3.63) is 0 Å². The van der Waals surface area contributed by atoms with Gasteiger partial charge in [0.25, 0.3) is 0 Å². The zero-order valence-corrected chi connectivity index (χ0v) is 9.58. The molecule has 0 saturated heterocycles. The number of carbonyl (C=O) groups excluding carboxylic acids is 2. The molecular weight excluding hydrogens is 220 g/mol. The van der Waals surface area contributed by atoms with Crippen molar-refractivity contribution in [1.29, 1.82) is 0 Å². The Balaban J connectivity index is 3.70.